The Morgan fingerprint density at radius 1 is 1.11 bits per heavy atom. The van der Waals surface area contributed by atoms with Crippen molar-refractivity contribution in [3.8, 4) is 6.01 Å². The van der Waals surface area contributed by atoms with Gasteiger partial charge in [0.2, 0.25) is 11.9 Å². The van der Waals surface area contributed by atoms with E-state index in [9.17, 15) is 0 Å². The van der Waals surface area contributed by atoms with Crippen molar-refractivity contribution in [3.63, 3.8) is 0 Å². The summed E-state index contributed by atoms with van der Waals surface area (Å²) in [5.41, 5.74) is 0. The zero-order valence-corrected chi connectivity index (χ0v) is 11.8. The van der Waals surface area contributed by atoms with Gasteiger partial charge in [0, 0.05) is 13.1 Å². The summed E-state index contributed by atoms with van der Waals surface area (Å²) in [7, 11) is 0. The van der Waals surface area contributed by atoms with Crippen molar-refractivity contribution in [1.29, 1.82) is 0 Å². The summed E-state index contributed by atoms with van der Waals surface area (Å²) in [6, 6.07) is 0.393. The lowest BCUT2D eigenvalue weighted by atomic mass is 9.85. The molecule has 6 heteroatoms. The molecule has 0 unspecified atom stereocenters. The maximum atomic E-state index is 5.49. The van der Waals surface area contributed by atoms with E-state index < -0.39 is 0 Å². The molecule has 19 heavy (non-hydrogen) atoms. The molecule has 1 aliphatic rings. The van der Waals surface area contributed by atoms with Crippen LogP contribution in [-0.4, -0.2) is 34.6 Å². The van der Waals surface area contributed by atoms with Crippen LogP contribution in [0.1, 0.15) is 39.5 Å². The second-order valence-corrected chi connectivity index (χ2v) is 4.82. The van der Waals surface area contributed by atoms with E-state index in [0.29, 0.717) is 24.5 Å². The highest BCUT2D eigenvalue weighted by atomic mass is 16.5. The fourth-order valence-electron chi connectivity index (χ4n) is 1.86. The zero-order valence-electron chi connectivity index (χ0n) is 11.8. The van der Waals surface area contributed by atoms with Crippen LogP contribution >= 0.6 is 0 Å². The third kappa shape index (κ3) is 4.22. The minimum Gasteiger partial charge on any atom is -0.463 e. The highest BCUT2D eigenvalue weighted by Gasteiger charge is 2.17. The molecule has 6 nitrogen and oxygen atoms in total. The number of anilines is 2. The van der Waals surface area contributed by atoms with Crippen LogP contribution < -0.4 is 15.4 Å². The van der Waals surface area contributed by atoms with Crippen LogP contribution in [0.25, 0.3) is 0 Å². The quantitative estimate of drug-likeness (QED) is 0.751. The predicted octanol–water partition coefficient (Wildman–Crippen LogP) is 2.30. The van der Waals surface area contributed by atoms with Crippen LogP contribution in [0.15, 0.2) is 0 Å². The first-order valence-corrected chi connectivity index (χ1v) is 7.18. The number of aromatic nitrogens is 3. The Bertz CT molecular complexity index is 395. The molecule has 0 atom stereocenters. The Hall–Kier alpha value is -1.59. The van der Waals surface area contributed by atoms with Gasteiger partial charge in [-0.15, -0.1) is 0 Å². The third-order valence-electron chi connectivity index (χ3n) is 3.16. The summed E-state index contributed by atoms with van der Waals surface area (Å²) in [5.74, 6) is 1.93. The molecule has 106 valence electrons. The van der Waals surface area contributed by atoms with Crippen molar-refractivity contribution in [1.82, 2.24) is 15.0 Å². The van der Waals surface area contributed by atoms with Gasteiger partial charge in [-0.05, 0) is 32.1 Å². The van der Waals surface area contributed by atoms with Crippen molar-refractivity contribution in [2.24, 2.45) is 5.92 Å². The normalized spacial score (nSPS) is 14.8. The highest BCUT2D eigenvalue weighted by Crippen LogP contribution is 2.26. The van der Waals surface area contributed by atoms with E-state index in [1.54, 1.807) is 0 Å². The number of rotatable bonds is 8. The maximum Gasteiger partial charge on any atom is 0.323 e. The second-order valence-electron chi connectivity index (χ2n) is 4.82. The summed E-state index contributed by atoms with van der Waals surface area (Å²) in [6.07, 6.45) is 4.89. The van der Waals surface area contributed by atoms with Gasteiger partial charge >= 0.3 is 6.01 Å². The van der Waals surface area contributed by atoms with Crippen LogP contribution in [0, 0.1) is 5.92 Å². The lowest BCUT2D eigenvalue weighted by molar-refractivity contribution is 0.292. The molecule has 0 radical (unpaired) electrons. The monoisotopic (exact) mass is 265 g/mol. The van der Waals surface area contributed by atoms with Crippen LogP contribution in [0.2, 0.25) is 0 Å². The van der Waals surface area contributed by atoms with Gasteiger partial charge in [-0.2, -0.15) is 15.0 Å². The van der Waals surface area contributed by atoms with Gasteiger partial charge in [0.05, 0.1) is 6.61 Å². The van der Waals surface area contributed by atoms with Gasteiger partial charge in [-0.25, -0.2) is 0 Å². The number of nitrogens with one attached hydrogen (secondary N) is 2. The molecule has 1 fully saturated rings. The molecular weight excluding hydrogens is 242 g/mol. The average molecular weight is 265 g/mol. The van der Waals surface area contributed by atoms with E-state index in [1.165, 1.54) is 19.3 Å². The summed E-state index contributed by atoms with van der Waals surface area (Å²) >= 11 is 0. The molecule has 1 aliphatic carbocycles. The minimum absolute atomic E-state index is 0.393. The molecule has 0 saturated heterocycles. The van der Waals surface area contributed by atoms with Gasteiger partial charge < -0.3 is 15.4 Å². The topological polar surface area (TPSA) is 72.0 Å². The molecule has 0 spiro atoms. The Kier molecular flexibility index (Phi) is 5.18. The molecule has 1 saturated carbocycles. The smallest absolute Gasteiger partial charge is 0.323 e. The maximum absolute atomic E-state index is 5.49. The first-order valence-electron chi connectivity index (χ1n) is 7.18. The van der Waals surface area contributed by atoms with Crippen LogP contribution in [0.4, 0.5) is 11.9 Å². The van der Waals surface area contributed by atoms with E-state index in [-0.39, 0.29) is 0 Å². The van der Waals surface area contributed by atoms with Gasteiger partial charge in [-0.1, -0.05) is 13.3 Å². The molecule has 0 aromatic carbocycles. The Morgan fingerprint density at radius 3 is 2.42 bits per heavy atom. The van der Waals surface area contributed by atoms with E-state index in [4.69, 9.17) is 4.74 Å². The third-order valence-corrected chi connectivity index (χ3v) is 3.16. The van der Waals surface area contributed by atoms with Crippen molar-refractivity contribution in [2.45, 2.75) is 39.5 Å². The Labute approximate surface area is 114 Å². The fourth-order valence-corrected chi connectivity index (χ4v) is 1.86. The highest BCUT2D eigenvalue weighted by molar-refractivity contribution is 5.35. The molecule has 1 heterocycles. The van der Waals surface area contributed by atoms with Crippen LogP contribution in [0.3, 0.4) is 0 Å². The van der Waals surface area contributed by atoms with E-state index >= 15 is 0 Å². The predicted molar refractivity (Wildman–Crippen MR) is 75.6 cm³/mol. The Morgan fingerprint density at radius 2 is 1.84 bits per heavy atom. The number of hydrogen-bond acceptors (Lipinski definition) is 6. The molecule has 0 aliphatic heterocycles. The molecule has 0 amide bonds. The lowest BCUT2D eigenvalue weighted by Gasteiger charge is -2.25. The molecule has 0 bridgehead atoms. The van der Waals surface area contributed by atoms with Crippen LogP contribution in [0.5, 0.6) is 6.01 Å². The van der Waals surface area contributed by atoms with Gasteiger partial charge in [0.25, 0.3) is 0 Å². The standard InChI is InChI=1S/C13H23N5O/c1-3-8-19-13-17-11(14-4-2)16-12(18-13)15-9-10-6-5-7-10/h10H,3-9H2,1-2H3,(H2,14,15,16,17,18). The average Bonchev–Trinajstić information content (AvgIpc) is 2.35. The van der Waals surface area contributed by atoms with Gasteiger partial charge in [-0.3, -0.25) is 0 Å². The number of ether oxygens (including phenoxy) is 1. The minimum atomic E-state index is 0.393. The van der Waals surface area contributed by atoms with E-state index in [1.807, 2.05) is 6.92 Å². The van der Waals surface area contributed by atoms with Crippen molar-refractivity contribution in [2.75, 3.05) is 30.3 Å². The summed E-state index contributed by atoms with van der Waals surface area (Å²) in [4.78, 5) is 12.9. The van der Waals surface area contributed by atoms with Gasteiger partial charge in [0.15, 0.2) is 0 Å². The summed E-state index contributed by atoms with van der Waals surface area (Å²) in [6.45, 7) is 6.40. The fraction of sp³-hybridized carbons (Fsp3) is 0.769. The number of hydrogen-bond donors (Lipinski definition) is 2. The molecule has 2 rings (SSSR count). The largest absolute Gasteiger partial charge is 0.463 e. The van der Waals surface area contributed by atoms with Crippen LogP contribution in [-0.2, 0) is 0 Å². The SMILES string of the molecule is CCCOc1nc(NCC)nc(NCC2CCC2)n1. The van der Waals surface area contributed by atoms with Crippen molar-refractivity contribution >= 4 is 11.9 Å². The second kappa shape index (κ2) is 7.11. The molecule has 1 aromatic rings. The molecule has 1 aromatic heterocycles. The summed E-state index contributed by atoms with van der Waals surface area (Å²) < 4.78 is 5.49. The lowest BCUT2D eigenvalue weighted by Crippen LogP contribution is -2.22. The first-order chi connectivity index (χ1) is 9.31. The first kappa shape index (κ1) is 13.8. The molecule has 2 N–H and O–H groups in total. The van der Waals surface area contributed by atoms with E-state index in [2.05, 4.69) is 32.5 Å². The number of nitrogens with zero attached hydrogens (tertiary/aromatic N) is 3. The zero-order chi connectivity index (χ0) is 13.5. The van der Waals surface area contributed by atoms with Crippen molar-refractivity contribution < 1.29 is 4.74 Å². The summed E-state index contributed by atoms with van der Waals surface area (Å²) in [5, 5.41) is 6.38. The van der Waals surface area contributed by atoms with E-state index in [0.717, 1.165) is 25.4 Å². The Balaban J connectivity index is 1.99. The van der Waals surface area contributed by atoms with Gasteiger partial charge in [0.1, 0.15) is 0 Å². The molecular formula is C13H23N5O. The van der Waals surface area contributed by atoms with Crippen molar-refractivity contribution in [3.05, 3.63) is 0 Å².